The summed E-state index contributed by atoms with van der Waals surface area (Å²) in [5, 5.41) is 1.18. The number of hydrogen-bond acceptors (Lipinski definition) is 3. The van der Waals surface area contributed by atoms with Gasteiger partial charge in [0, 0.05) is 30.6 Å². The van der Waals surface area contributed by atoms with Crippen LogP contribution in [-0.4, -0.2) is 36.1 Å². The van der Waals surface area contributed by atoms with E-state index >= 15 is 0 Å². The van der Waals surface area contributed by atoms with E-state index in [1.54, 1.807) is 7.11 Å². The predicted molar refractivity (Wildman–Crippen MR) is 93.5 cm³/mol. The third-order valence-electron chi connectivity index (χ3n) is 5.51. The summed E-state index contributed by atoms with van der Waals surface area (Å²) >= 11 is 0. The molecule has 4 heterocycles. The van der Waals surface area contributed by atoms with Crippen LogP contribution in [0.25, 0.3) is 10.9 Å². The average Bonchev–Trinajstić information content (AvgIpc) is 2.62. The summed E-state index contributed by atoms with van der Waals surface area (Å²) in [5.74, 6) is 2.35. The van der Waals surface area contributed by atoms with E-state index in [0.29, 0.717) is 12.0 Å². The van der Waals surface area contributed by atoms with Crippen molar-refractivity contribution in [2.75, 3.05) is 20.2 Å². The normalized spacial score (nSPS) is 29.6. The lowest BCUT2D eigenvalue weighted by Crippen LogP contribution is -2.53. The molecule has 2 bridgehead atoms. The van der Waals surface area contributed by atoms with Crippen molar-refractivity contribution in [3.05, 3.63) is 55.1 Å². The van der Waals surface area contributed by atoms with Crippen LogP contribution >= 0.6 is 0 Å². The number of nitrogens with zero attached hydrogens (tertiary/aromatic N) is 2. The van der Waals surface area contributed by atoms with E-state index in [1.165, 1.54) is 30.3 Å². The quantitative estimate of drug-likeness (QED) is 0.806. The topological polar surface area (TPSA) is 25.4 Å². The standard InChI is InChI=1S/C20H23N2O/c1-3-14-13-22-9-7-15(14)10-17(22)11-16-6-8-21-20-5-4-18(23-2)12-19(16)20/h3-6,8,11-12,14-15,17H,1,7,9-10,13H2,2H3/t14-,15-,17+/m0/s1. The molecule has 3 saturated heterocycles. The Hall–Kier alpha value is -1.87. The molecule has 0 N–H and O–H groups in total. The predicted octanol–water partition coefficient (Wildman–Crippen LogP) is 3.69. The molecular formula is C20H23N2O. The van der Waals surface area contributed by atoms with E-state index in [1.807, 2.05) is 18.3 Å². The Morgan fingerprint density at radius 2 is 2.26 bits per heavy atom. The third kappa shape index (κ3) is 2.63. The number of aromatic nitrogens is 1. The molecule has 23 heavy (non-hydrogen) atoms. The number of methoxy groups -OCH3 is 1. The third-order valence-corrected chi connectivity index (χ3v) is 5.51. The van der Waals surface area contributed by atoms with Gasteiger partial charge in [0.2, 0.25) is 0 Å². The zero-order valence-corrected chi connectivity index (χ0v) is 13.6. The minimum absolute atomic E-state index is 0.529. The maximum atomic E-state index is 5.38. The van der Waals surface area contributed by atoms with Gasteiger partial charge in [0.15, 0.2) is 0 Å². The highest BCUT2D eigenvalue weighted by atomic mass is 16.5. The molecule has 3 aliphatic heterocycles. The number of piperidine rings is 3. The Kier molecular flexibility index (Phi) is 3.82. The number of pyridine rings is 1. The van der Waals surface area contributed by atoms with Crippen molar-refractivity contribution in [3.8, 4) is 5.75 Å². The van der Waals surface area contributed by atoms with Gasteiger partial charge in [-0.05, 0) is 61.1 Å². The molecule has 5 rings (SSSR count). The summed E-state index contributed by atoms with van der Waals surface area (Å²) in [6.07, 6.45) is 9.04. The number of hydrogen-bond donors (Lipinski definition) is 0. The van der Waals surface area contributed by atoms with Gasteiger partial charge in [0.05, 0.1) is 12.6 Å². The average molecular weight is 307 g/mol. The number of rotatable bonds is 4. The smallest absolute Gasteiger partial charge is 0.119 e. The molecule has 0 aliphatic carbocycles. The highest BCUT2D eigenvalue weighted by molar-refractivity contribution is 5.84. The molecule has 1 aromatic carbocycles. The summed E-state index contributed by atoms with van der Waals surface area (Å²) in [6.45, 7) is 6.38. The Balaban J connectivity index is 1.62. The summed E-state index contributed by atoms with van der Waals surface area (Å²) in [7, 11) is 1.71. The Morgan fingerprint density at radius 1 is 1.35 bits per heavy atom. The Bertz CT molecular complexity index is 727. The van der Waals surface area contributed by atoms with Crippen LogP contribution in [0.1, 0.15) is 18.4 Å². The van der Waals surface area contributed by atoms with E-state index in [9.17, 15) is 0 Å². The molecule has 3 fully saturated rings. The maximum absolute atomic E-state index is 5.38. The zero-order chi connectivity index (χ0) is 15.8. The lowest BCUT2D eigenvalue weighted by Gasteiger charge is -2.49. The second-order valence-electron chi connectivity index (χ2n) is 6.70. The van der Waals surface area contributed by atoms with E-state index in [-0.39, 0.29) is 0 Å². The first-order valence-corrected chi connectivity index (χ1v) is 8.42. The van der Waals surface area contributed by atoms with Gasteiger partial charge in [-0.2, -0.15) is 0 Å². The molecule has 0 unspecified atom stereocenters. The van der Waals surface area contributed by atoms with E-state index in [0.717, 1.165) is 23.7 Å². The second-order valence-corrected chi connectivity index (χ2v) is 6.70. The van der Waals surface area contributed by atoms with Gasteiger partial charge in [-0.25, -0.2) is 0 Å². The number of fused-ring (bicyclic) bond motifs is 4. The van der Waals surface area contributed by atoms with E-state index < -0.39 is 0 Å². The fraction of sp³-hybridized carbons (Fsp3) is 0.400. The van der Waals surface area contributed by atoms with Gasteiger partial charge in [0.25, 0.3) is 0 Å². The molecule has 3 nitrogen and oxygen atoms in total. The second kappa shape index (κ2) is 5.97. The first-order valence-electron chi connectivity index (χ1n) is 8.42. The highest BCUT2D eigenvalue weighted by Gasteiger charge is 2.38. The van der Waals surface area contributed by atoms with Crippen LogP contribution in [0.4, 0.5) is 0 Å². The molecule has 0 spiro atoms. The largest absolute Gasteiger partial charge is 0.497 e. The molecule has 1 radical (unpaired) electrons. The molecule has 4 atom stereocenters. The van der Waals surface area contributed by atoms with Crippen molar-refractivity contribution < 1.29 is 4.74 Å². The van der Waals surface area contributed by atoms with Crippen molar-refractivity contribution >= 4 is 10.9 Å². The first-order chi connectivity index (χ1) is 11.3. The zero-order valence-electron chi connectivity index (χ0n) is 13.6. The maximum Gasteiger partial charge on any atom is 0.119 e. The molecular weight excluding hydrogens is 284 g/mol. The Morgan fingerprint density at radius 3 is 3.00 bits per heavy atom. The van der Waals surface area contributed by atoms with Crippen LogP contribution in [-0.2, 0) is 0 Å². The minimum Gasteiger partial charge on any atom is -0.497 e. The van der Waals surface area contributed by atoms with Crippen molar-refractivity contribution in [2.45, 2.75) is 18.9 Å². The van der Waals surface area contributed by atoms with Crippen LogP contribution in [0.5, 0.6) is 5.75 Å². The van der Waals surface area contributed by atoms with Crippen molar-refractivity contribution in [3.63, 3.8) is 0 Å². The van der Waals surface area contributed by atoms with Gasteiger partial charge in [-0.1, -0.05) is 6.08 Å². The Labute approximate surface area is 138 Å². The van der Waals surface area contributed by atoms with Gasteiger partial charge in [-0.15, -0.1) is 6.58 Å². The summed E-state index contributed by atoms with van der Waals surface area (Å²) < 4.78 is 5.38. The van der Waals surface area contributed by atoms with Crippen LogP contribution < -0.4 is 4.74 Å². The fourth-order valence-electron chi connectivity index (χ4n) is 4.18. The van der Waals surface area contributed by atoms with Crippen molar-refractivity contribution in [1.82, 2.24) is 9.88 Å². The molecule has 0 amide bonds. The van der Waals surface area contributed by atoms with E-state index in [2.05, 4.69) is 41.1 Å². The van der Waals surface area contributed by atoms with Crippen LogP contribution in [0.3, 0.4) is 0 Å². The van der Waals surface area contributed by atoms with Gasteiger partial charge < -0.3 is 4.74 Å². The first kappa shape index (κ1) is 14.7. The van der Waals surface area contributed by atoms with E-state index in [4.69, 9.17) is 4.74 Å². The fourth-order valence-corrected chi connectivity index (χ4v) is 4.18. The summed E-state index contributed by atoms with van der Waals surface area (Å²) in [5.41, 5.74) is 2.29. The van der Waals surface area contributed by atoms with Gasteiger partial charge in [0.1, 0.15) is 5.75 Å². The molecule has 3 aliphatic rings. The molecule has 2 aromatic rings. The lowest BCUT2D eigenvalue weighted by molar-refractivity contribution is 0.0350. The molecule has 119 valence electrons. The van der Waals surface area contributed by atoms with Crippen LogP contribution in [0, 0.1) is 18.3 Å². The summed E-state index contributed by atoms with van der Waals surface area (Å²) in [4.78, 5) is 7.09. The number of ether oxygens (including phenoxy) is 1. The van der Waals surface area contributed by atoms with Crippen LogP contribution in [0.15, 0.2) is 43.1 Å². The molecule has 0 saturated carbocycles. The van der Waals surface area contributed by atoms with Crippen LogP contribution in [0.2, 0.25) is 0 Å². The highest BCUT2D eigenvalue weighted by Crippen LogP contribution is 2.39. The minimum atomic E-state index is 0.529. The number of benzene rings is 1. The van der Waals surface area contributed by atoms with Crippen molar-refractivity contribution in [1.29, 1.82) is 0 Å². The van der Waals surface area contributed by atoms with Crippen molar-refractivity contribution in [2.24, 2.45) is 11.8 Å². The van der Waals surface area contributed by atoms with Gasteiger partial charge in [-0.3, -0.25) is 9.88 Å². The SMILES string of the molecule is C=C[C@H]1C[N@]2CC[C@H]1C[C@@H]2[CH]c1ccnc2ccc(OC)cc12. The molecule has 3 heteroatoms. The summed E-state index contributed by atoms with van der Waals surface area (Å²) in [6, 6.07) is 8.75. The van der Waals surface area contributed by atoms with Gasteiger partial charge >= 0.3 is 0 Å². The monoisotopic (exact) mass is 307 g/mol. The lowest BCUT2D eigenvalue weighted by atomic mass is 9.74. The molecule has 1 aromatic heterocycles.